The molecular weight excluding hydrogens is 475 g/mol. The molecule has 34 heavy (non-hydrogen) atoms. The van der Waals surface area contributed by atoms with Crippen molar-refractivity contribution in [3.63, 3.8) is 0 Å². The molecule has 12 heteroatoms. The number of pyridine rings is 1. The van der Waals surface area contributed by atoms with Crippen molar-refractivity contribution >= 4 is 34.2 Å². The number of amides is 1. The summed E-state index contributed by atoms with van der Waals surface area (Å²) in [7, 11) is 1.49. The van der Waals surface area contributed by atoms with Crippen molar-refractivity contribution in [1.82, 2.24) is 20.1 Å². The summed E-state index contributed by atoms with van der Waals surface area (Å²) >= 11 is 6.46. The molecule has 0 saturated heterocycles. The molecule has 0 saturated carbocycles. The molecule has 0 bridgehead atoms. The largest absolute Gasteiger partial charge is 0.435 e. The Labute approximate surface area is 197 Å². The Morgan fingerprint density at radius 2 is 2.00 bits per heavy atom. The summed E-state index contributed by atoms with van der Waals surface area (Å²) in [6, 6.07) is 4.79. The topological polar surface area (TPSA) is 103 Å². The van der Waals surface area contributed by atoms with Crippen molar-refractivity contribution in [2.75, 3.05) is 19.5 Å². The van der Waals surface area contributed by atoms with Crippen LogP contribution < -0.4 is 5.73 Å². The Morgan fingerprint density at radius 1 is 1.26 bits per heavy atom. The molecule has 1 aliphatic heterocycles. The number of benzene rings is 1. The average molecular weight is 496 g/mol. The number of halogens is 4. The molecule has 1 amide bonds. The van der Waals surface area contributed by atoms with Crippen LogP contribution in [0.3, 0.4) is 0 Å². The number of hydrogen-bond acceptors (Lipinski definition) is 7. The highest BCUT2D eigenvalue weighted by Gasteiger charge is 2.33. The molecule has 2 aromatic heterocycles. The molecule has 3 heterocycles. The maximum absolute atomic E-state index is 13.6. The van der Waals surface area contributed by atoms with Gasteiger partial charge in [0, 0.05) is 18.1 Å². The van der Waals surface area contributed by atoms with Crippen molar-refractivity contribution < 1.29 is 27.4 Å². The Bertz CT molecular complexity index is 1240. The molecule has 8 nitrogen and oxygen atoms in total. The number of nitrogen functional groups attached to an aromatic ring is 1. The minimum Gasteiger partial charge on any atom is -0.383 e. The van der Waals surface area contributed by atoms with Crippen molar-refractivity contribution in [3.05, 3.63) is 57.4 Å². The van der Waals surface area contributed by atoms with Crippen LogP contribution >= 0.6 is 11.6 Å². The predicted octanol–water partition coefficient (Wildman–Crippen LogP) is 3.99. The number of alkyl halides is 3. The van der Waals surface area contributed by atoms with Gasteiger partial charge in [-0.05, 0) is 36.8 Å². The number of nitrogens with two attached hydrogens (primary N) is 1. The fourth-order valence-electron chi connectivity index (χ4n) is 3.84. The van der Waals surface area contributed by atoms with Crippen LogP contribution in [0.15, 0.2) is 24.3 Å². The molecule has 180 valence electrons. The second-order valence-electron chi connectivity index (χ2n) is 7.94. The standard InChI is InChI=1S/C22H21ClF3N5O3/c1-11(8-33-2)31(7-12-3-4-19(30-29-12)22(24,25)26)21(32)14-5-13-15-9-34-10-16(15)20(27)28-18(13)6-17(14)23/h3-6,11H,7-10H2,1-2H3,(H2,27,28)/t11-/m0/s1. The highest BCUT2D eigenvalue weighted by molar-refractivity contribution is 6.34. The van der Waals surface area contributed by atoms with Gasteiger partial charge in [0.05, 0.1) is 54.2 Å². The fraction of sp³-hybridized carbons (Fsp3) is 0.364. The number of carbonyl (C=O) groups is 1. The number of anilines is 1. The lowest BCUT2D eigenvalue weighted by Gasteiger charge is -2.29. The van der Waals surface area contributed by atoms with Gasteiger partial charge < -0.3 is 20.1 Å². The van der Waals surface area contributed by atoms with Gasteiger partial charge in [0.25, 0.3) is 5.91 Å². The number of fused-ring (bicyclic) bond motifs is 3. The first-order valence-corrected chi connectivity index (χ1v) is 10.7. The Balaban J connectivity index is 1.71. The second-order valence-corrected chi connectivity index (χ2v) is 8.35. The lowest BCUT2D eigenvalue weighted by atomic mass is 10.0. The maximum atomic E-state index is 13.6. The zero-order chi connectivity index (χ0) is 24.6. The zero-order valence-corrected chi connectivity index (χ0v) is 19.1. The normalized spacial score (nSPS) is 14.3. The molecule has 0 spiro atoms. The minimum absolute atomic E-state index is 0.0932. The van der Waals surface area contributed by atoms with Gasteiger partial charge in [-0.2, -0.15) is 18.3 Å². The summed E-state index contributed by atoms with van der Waals surface area (Å²) in [5.74, 6) is -0.0889. The van der Waals surface area contributed by atoms with Gasteiger partial charge in [-0.25, -0.2) is 4.98 Å². The highest BCUT2D eigenvalue weighted by atomic mass is 35.5. The predicted molar refractivity (Wildman–Crippen MR) is 118 cm³/mol. The van der Waals surface area contributed by atoms with Crippen LogP contribution in [0.5, 0.6) is 0 Å². The van der Waals surface area contributed by atoms with Gasteiger partial charge in [0.15, 0.2) is 5.69 Å². The number of aromatic nitrogens is 3. The SMILES string of the molecule is COC[C@H](C)N(Cc1ccc(C(F)(F)F)nn1)C(=O)c1cc2c3c(c(N)nc2cc1Cl)COC3. The molecule has 0 unspecified atom stereocenters. The number of carbonyl (C=O) groups excluding carboxylic acids is 1. The van der Waals surface area contributed by atoms with Crippen LogP contribution in [-0.4, -0.2) is 45.7 Å². The number of methoxy groups -OCH3 is 1. The Hall–Kier alpha value is -3.02. The summed E-state index contributed by atoms with van der Waals surface area (Å²) in [5, 5.41) is 7.76. The third-order valence-electron chi connectivity index (χ3n) is 5.59. The molecule has 0 radical (unpaired) electrons. The van der Waals surface area contributed by atoms with E-state index in [2.05, 4.69) is 15.2 Å². The summed E-state index contributed by atoms with van der Waals surface area (Å²) in [4.78, 5) is 19.4. The number of nitrogens with zero attached hydrogens (tertiary/aromatic N) is 4. The highest BCUT2D eigenvalue weighted by Crippen LogP contribution is 2.34. The van der Waals surface area contributed by atoms with E-state index in [0.29, 0.717) is 29.9 Å². The van der Waals surface area contributed by atoms with Gasteiger partial charge in [-0.15, -0.1) is 5.10 Å². The van der Waals surface area contributed by atoms with Crippen molar-refractivity contribution in [2.45, 2.75) is 38.9 Å². The van der Waals surface area contributed by atoms with Crippen LogP contribution in [0.2, 0.25) is 5.02 Å². The first-order valence-electron chi connectivity index (χ1n) is 10.3. The number of ether oxygens (including phenoxy) is 2. The number of rotatable bonds is 6. The van der Waals surface area contributed by atoms with E-state index in [0.717, 1.165) is 17.2 Å². The first-order chi connectivity index (χ1) is 16.1. The van der Waals surface area contributed by atoms with Crippen molar-refractivity contribution in [2.24, 2.45) is 0 Å². The van der Waals surface area contributed by atoms with Crippen LogP contribution in [-0.2, 0) is 35.4 Å². The number of hydrogen-bond donors (Lipinski definition) is 1. The molecule has 2 N–H and O–H groups in total. The van der Waals surface area contributed by atoms with Gasteiger partial charge >= 0.3 is 6.18 Å². The summed E-state index contributed by atoms with van der Waals surface area (Å²) in [6.07, 6.45) is -4.61. The van der Waals surface area contributed by atoms with E-state index in [1.165, 1.54) is 18.1 Å². The molecule has 1 aromatic carbocycles. The molecule has 3 aromatic rings. The smallest absolute Gasteiger partial charge is 0.383 e. The van der Waals surface area contributed by atoms with Crippen LogP contribution in [0.1, 0.15) is 39.8 Å². The van der Waals surface area contributed by atoms with E-state index < -0.39 is 23.8 Å². The first kappa shape index (κ1) is 24.1. The third-order valence-corrected chi connectivity index (χ3v) is 5.90. The quantitative estimate of drug-likeness (QED) is 0.551. The van der Waals surface area contributed by atoms with E-state index in [9.17, 15) is 18.0 Å². The van der Waals surface area contributed by atoms with E-state index in [4.69, 9.17) is 26.8 Å². The van der Waals surface area contributed by atoms with Crippen molar-refractivity contribution in [3.8, 4) is 0 Å². The maximum Gasteiger partial charge on any atom is 0.435 e. The van der Waals surface area contributed by atoms with E-state index in [-0.39, 0.29) is 29.4 Å². The van der Waals surface area contributed by atoms with E-state index in [1.807, 2.05) is 0 Å². The zero-order valence-electron chi connectivity index (χ0n) is 18.3. The van der Waals surface area contributed by atoms with Crippen molar-refractivity contribution in [1.29, 1.82) is 0 Å². The van der Waals surface area contributed by atoms with Gasteiger partial charge in [0.2, 0.25) is 0 Å². The molecular formula is C22H21ClF3N5O3. The molecule has 0 fully saturated rings. The van der Waals surface area contributed by atoms with Gasteiger partial charge in [-0.3, -0.25) is 4.79 Å². The minimum atomic E-state index is -4.61. The van der Waals surface area contributed by atoms with Crippen LogP contribution in [0.4, 0.5) is 19.0 Å². The summed E-state index contributed by atoms with van der Waals surface area (Å²) in [5.41, 5.74) is 7.46. The van der Waals surface area contributed by atoms with E-state index >= 15 is 0 Å². The van der Waals surface area contributed by atoms with E-state index in [1.54, 1.807) is 19.1 Å². The molecule has 1 aliphatic rings. The fourth-order valence-corrected chi connectivity index (χ4v) is 4.08. The summed E-state index contributed by atoms with van der Waals surface area (Å²) in [6.45, 7) is 2.51. The monoisotopic (exact) mass is 495 g/mol. The van der Waals surface area contributed by atoms with Crippen LogP contribution in [0.25, 0.3) is 10.9 Å². The Kier molecular flexibility index (Phi) is 6.61. The molecule has 1 atom stereocenters. The lowest BCUT2D eigenvalue weighted by molar-refractivity contribution is -0.141. The molecule has 4 rings (SSSR count). The average Bonchev–Trinajstić information content (AvgIpc) is 3.27. The lowest BCUT2D eigenvalue weighted by Crippen LogP contribution is -2.41. The van der Waals surface area contributed by atoms with Crippen LogP contribution in [0, 0.1) is 0 Å². The molecule has 0 aliphatic carbocycles. The Morgan fingerprint density at radius 3 is 2.65 bits per heavy atom. The third kappa shape index (κ3) is 4.63. The summed E-state index contributed by atoms with van der Waals surface area (Å²) < 4.78 is 49.2. The van der Waals surface area contributed by atoms with Gasteiger partial charge in [0.1, 0.15) is 5.82 Å². The second kappa shape index (κ2) is 9.32. The van der Waals surface area contributed by atoms with Gasteiger partial charge in [-0.1, -0.05) is 11.6 Å².